The summed E-state index contributed by atoms with van der Waals surface area (Å²) in [6.07, 6.45) is 1.85. The highest BCUT2D eigenvalue weighted by Gasteiger charge is 2.30. The summed E-state index contributed by atoms with van der Waals surface area (Å²) in [7, 11) is 0. The number of aryl methyl sites for hydroxylation is 1. The van der Waals surface area contributed by atoms with Crippen molar-refractivity contribution >= 4 is 17.4 Å². The van der Waals surface area contributed by atoms with E-state index < -0.39 is 0 Å². The van der Waals surface area contributed by atoms with Gasteiger partial charge in [-0.25, -0.2) is 13.9 Å². The topological polar surface area (TPSA) is 94.7 Å². The largest absolute Gasteiger partial charge is 0.349 e. The zero-order valence-corrected chi connectivity index (χ0v) is 15.4. The number of rotatable bonds is 6. The molecule has 3 aromatic rings. The Kier molecular flexibility index (Phi) is 4.56. The molecule has 0 atom stereocenters. The van der Waals surface area contributed by atoms with Crippen LogP contribution >= 0.6 is 11.5 Å². The summed E-state index contributed by atoms with van der Waals surface area (Å²) >= 11 is 1.03. The minimum absolute atomic E-state index is 0.131. The maximum Gasteiger partial charge on any atom is 0.346 e. The van der Waals surface area contributed by atoms with E-state index in [1.165, 1.54) is 16.8 Å². The molecule has 1 aliphatic rings. The number of amides is 1. The Labute approximate surface area is 157 Å². The van der Waals surface area contributed by atoms with Crippen molar-refractivity contribution in [2.45, 2.75) is 32.4 Å². The number of nitrogens with one attached hydrogen (secondary N) is 1. The first-order chi connectivity index (χ1) is 13.0. The highest BCUT2D eigenvalue weighted by molar-refractivity contribution is 7.07. The molecule has 8 nitrogen and oxygen atoms in total. The van der Waals surface area contributed by atoms with Crippen LogP contribution in [0.2, 0.25) is 0 Å². The van der Waals surface area contributed by atoms with Crippen LogP contribution in [0, 0.1) is 12.7 Å². The summed E-state index contributed by atoms with van der Waals surface area (Å²) in [5, 5.41) is 11.0. The Morgan fingerprint density at radius 1 is 1.33 bits per heavy atom. The number of halogens is 1. The minimum Gasteiger partial charge on any atom is -0.349 e. The molecule has 1 saturated carbocycles. The van der Waals surface area contributed by atoms with Gasteiger partial charge in [-0.2, -0.15) is 0 Å². The van der Waals surface area contributed by atoms with Crippen molar-refractivity contribution < 1.29 is 9.18 Å². The molecule has 10 heteroatoms. The van der Waals surface area contributed by atoms with Crippen LogP contribution in [0.15, 0.2) is 29.1 Å². The van der Waals surface area contributed by atoms with Gasteiger partial charge >= 0.3 is 5.69 Å². The quantitative estimate of drug-likeness (QED) is 0.695. The zero-order chi connectivity index (χ0) is 19.0. The van der Waals surface area contributed by atoms with Crippen molar-refractivity contribution in [3.63, 3.8) is 0 Å². The first kappa shape index (κ1) is 17.5. The third-order valence-electron chi connectivity index (χ3n) is 4.35. The summed E-state index contributed by atoms with van der Waals surface area (Å²) in [5.74, 6) is -0.0821. The van der Waals surface area contributed by atoms with Crippen LogP contribution in [0.3, 0.4) is 0 Å². The second kappa shape index (κ2) is 7.03. The van der Waals surface area contributed by atoms with Crippen molar-refractivity contribution in [3.8, 4) is 11.4 Å². The molecule has 0 unspecified atom stereocenters. The second-order valence-electron chi connectivity index (χ2n) is 6.38. The normalized spacial score (nSPS) is 13.7. The smallest absolute Gasteiger partial charge is 0.346 e. The number of hydrogen-bond donors (Lipinski definition) is 1. The summed E-state index contributed by atoms with van der Waals surface area (Å²) < 4.78 is 19.9. The van der Waals surface area contributed by atoms with E-state index in [9.17, 15) is 14.0 Å². The van der Waals surface area contributed by atoms with Gasteiger partial charge in [0, 0.05) is 18.2 Å². The van der Waals surface area contributed by atoms with Crippen molar-refractivity contribution in [2.75, 3.05) is 6.54 Å². The molecule has 1 aromatic carbocycles. The SMILES string of the molecule is Cc1nnsc1C(=O)NCCn1nc(-c2ccc(F)cc2)n(C2CC2)c1=O. The minimum atomic E-state index is -0.339. The predicted octanol–water partition coefficient (Wildman–Crippen LogP) is 1.78. The number of nitrogens with zero attached hydrogens (tertiary/aromatic N) is 5. The highest BCUT2D eigenvalue weighted by Crippen LogP contribution is 2.36. The van der Waals surface area contributed by atoms with Gasteiger partial charge in [0.15, 0.2) is 5.82 Å². The first-order valence-electron chi connectivity index (χ1n) is 8.57. The van der Waals surface area contributed by atoms with Gasteiger partial charge in [0.2, 0.25) is 0 Å². The van der Waals surface area contributed by atoms with Crippen LogP contribution in [0.4, 0.5) is 4.39 Å². The average molecular weight is 388 g/mol. The molecule has 0 aliphatic heterocycles. The fourth-order valence-corrected chi connectivity index (χ4v) is 3.39. The van der Waals surface area contributed by atoms with Gasteiger partial charge in [-0.05, 0) is 55.6 Å². The molecule has 0 saturated heterocycles. The Hall–Kier alpha value is -2.88. The van der Waals surface area contributed by atoms with Gasteiger partial charge in [-0.1, -0.05) is 4.49 Å². The lowest BCUT2D eigenvalue weighted by Gasteiger charge is -2.03. The third kappa shape index (κ3) is 3.52. The second-order valence-corrected chi connectivity index (χ2v) is 7.13. The predicted molar refractivity (Wildman–Crippen MR) is 97.1 cm³/mol. The molecule has 2 aromatic heterocycles. The molecular formula is C17H17FN6O2S. The van der Waals surface area contributed by atoms with E-state index in [2.05, 4.69) is 20.0 Å². The molecule has 0 radical (unpaired) electrons. The Bertz CT molecular complexity index is 1030. The van der Waals surface area contributed by atoms with Gasteiger partial charge in [0.05, 0.1) is 12.2 Å². The maximum atomic E-state index is 13.2. The molecule has 1 N–H and O–H groups in total. The number of benzene rings is 1. The van der Waals surface area contributed by atoms with E-state index in [0.717, 1.165) is 24.4 Å². The van der Waals surface area contributed by atoms with E-state index in [0.29, 0.717) is 22.0 Å². The molecule has 1 fully saturated rings. The van der Waals surface area contributed by atoms with Gasteiger partial charge in [-0.15, -0.1) is 10.2 Å². The van der Waals surface area contributed by atoms with Crippen LogP contribution in [-0.2, 0) is 6.54 Å². The van der Waals surface area contributed by atoms with Crippen molar-refractivity contribution in [1.82, 2.24) is 29.3 Å². The fourth-order valence-electron chi connectivity index (χ4n) is 2.82. The number of aromatic nitrogens is 5. The Morgan fingerprint density at radius 2 is 2.07 bits per heavy atom. The summed E-state index contributed by atoms with van der Waals surface area (Å²) in [4.78, 5) is 25.3. The molecule has 27 heavy (non-hydrogen) atoms. The zero-order valence-electron chi connectivity index (χ0n) is 14.6. The lowest BCUT2D eigenvalue weighted by Crippen LogP contribution is -2.32. The molecule has 2 heterocycles. The van der Waals surface area contributed by atoms with Crippen LogP contribution in [0.5, 0.6) is 0 Å². The third-order valence-corrected chi connectivity index (χ3v) is 5.18. The van der Waals surface area contributed by atoms with Gasteiger partial charge in [0.1, 0.15) is 10.7 Å². The Balaban J connectivity index is 1.52. The standard InChI is InChI=1S/C17H17FN6O2S/c1-10-14(27-22-20-10)16(25)19-8-9-23-17(26)24(13-6-7-13)15(21-23)11-2-4-12(18)5-3-11/h2-5,13H,6-9H2,1H3,(H,19,25). The van der Waals surface area contributed by atoms with Crippen molar-refractivity contribution in [1.29, 1.82) is 0 Å². The van der Waals surface area contributed by atoms with Crippen LogP contribution < -0.4 is 11.0 Å². The molecule has 1 aliphatic carbocycles. The summed E-state index contributed by atoms with van der Waals surface area (Å²) in [6, 6.07) is 6.05. The molecule has 0 bridgehead atoms. The van der Waals surface area contributed by atoms with Gasteiger partial charge in [-0.3, -0.25) is 9.36 Å². The van der Waals surface area contributed by atoms with E-state index in [1.54, 1.807) is 23.6 Å². The van der Waals surface area contributed by atoms with Gasteiger partial charge in [0.25, 0.3) is 5.91 Å². The molecule has 1 amide bonds. The summed E-state index contributed by atoms with van der Waals surface area (Å²) in [6.45, 7) is 2.21. The first-order valence-corrected chi connectivity index (χ1v) is 9.34. The van der Waals surface area contributed by atoms with E-state index in [4.69, 9.17) is 0 Å². The fraction of sp³-hybridized carbons (Fsp3) is 0.353. The van der Waals surface area contributed by atoms with E-state index in [-0.39, 0.29) is 36.5 Å². The maximum absolute atomic E-state index is 13.2. The Morgan fingerprint density at radius 3 is 2.70 bits per heavy atom. The van der Waals surface area contributed by atoms with Crippen molar-refractivity contribution in [3.05, 3.63) is 51.1 Å². The van der Waals surface area contributed by atoms with Gasteiger partial charge < -0.3 is 5.32 Å². The molecule has 4 rings (SSSR count). The highest BCUT2D eigenvalue weighted by atomic mass is 32.1. The number of carbonyl (C=O) groups is 1. The number of carbonyl (C=O) groups excluding carboxylic acids is 1. The summed E-state index contributed by atoms with van der Waals surface area (Å²) in [5.41, 5.74) is 1.04. The van der Waals surface area contributed by atoms with E-state index in [1.807, 2.05) is 0 Å². The number of hydrogen-bond acceptors (Lipinski definition) is 6. The van der Waals surface area contributed by atoms with Crippen molar-refractivity contribution in [2.24, 2.45) is 0 Å². The average Bonchev–Trinajstić information content (AvgIpc) is 3.31. The van der Waals surface area contributed by atoms with Crippen LogP contribution in [-0.4, -0.2) is 36.4 Å². The lowest BCUT2D eigenvalue weighted by molar-refractivity contribution is 0.0955. The lowest BCUT2D eigenvalue weighted by atomic mass is 10.2. The van der Waals surface area contributed by atoms with Crippen LogP contribution in [0.1, 0.15) is 34.2 Å². The van der Waals surface area contributed by atoms with Crippen LogP contribution in [0.25, 0.3) is 11.4 Å². The van der Waals surface area contributed by atoms with E-state index >= 15 is 0 Å². The molecule has 140 valence electrons. The molecular weight excluding hydrogens is 371 g/mol. The molecule has 0 spiro atoms. The monoisotopic (exact) mass is 388 g/mol.